The van der Waals surface area contributed by atoms with E-state index in [1.807, 2.05) is 47.4 Å². The van der Waals surface area contributed by atoms with Crippen LogP contribution >= 0.6 is 11.8 Å². The van der Waals surface area contributed by atoms with E-state index in [1.165, 1.54) is 16.7 Å². The molecule has 1 N–H and O–H groups in total. The standard InChI is InChI=1S/C28H30N2O2S/c1-21-9-11-23(12-10-21)8-5-18-29-27(32)24-13-15-25(16-14-24)28-30(26(31)20-33-28)19-17-22-6-3-2-4-7-22/h2-4,6-7,9-16,28H,5,8,17-20H2,1H3,(H,29,32)/t28-/m1/s1. The lowest BCUT2D eigenvalue weighted by Gasteiger charge is -2.24. The number of benzene rings is 3. The number of carbonyl (C=O) groups excluding carboxylic acids is 2. The Hall–Kier alpha value is -3.05. The minimum atomic E-state index is -0.0541. The molecule has 1 atom stereocenters. The number of amides is 2. The van der Waals surface area contributed by atoms with Crippen LogP contribution < -0.4 is 5.32 Å². The molecular formula is C28H30N2O2S. The zero-order valence-electron chi connectivity index (χ0n) is 19.0. The maximum atomic E-state index is 12.5. The summed E-state index contributed by atoms with van der Waals surface area (Å²) < 4.78 is 0. The van der Waals surface area contributed by atoms with Crippen LogP contribution in [0.1, 0.15) is 44.4 Å². The van der Waals surface area contributed by atoms with E-state index < -0.39 is 0 Å². The van der Waals surface area contributed by atoms with Gasteiger partial charge in [-0.15, -0.1) is 11.8 Å². The average molecular weight is 459 g/mol. The molecule has 5 heteroatoms. The summed E-state index contributed by atoms with van der Waals surface area (Å²) in [6.45, 7) is 3.43. The van der Waals surface area contributed by atoms with Gasteiger partial charge in [0.1, 0.15) is 5.37 Å². The summed E-state index contributed by atoms with van der Waals surface area (Å²) in [5.74, 6) is 0.626. The minimum Gasteiger partial charge on any atom is -0.352 e. The highest BCUT2D eigenvalue weighted by Gasteiger charge is 2.32. The predicted molar refractivity (Wildman–Crippen MR) is 135 cm³/mol. The summed E-state index contributed by atoms with van der Waals surface area (Å²) in [4.78, 5) is 26.9. The van der Waals surface area contributed by atoms with Crippen molar-refractivity contribution in [3.8, 4) is 0 Å². The third-order valence-electron chi connectivity index (χ3n) is 5.96. The SMILES string of the molecule is Cc1ccc(CCCNC(=O)c2ccc([C@H]3SCC(=O)N3CCc3ccccc3)cc2)cc1. The fourth-order valence-corrected chi connectivity index (χ4v) is 5.24. The van der Waals surface area contributed by atoms with Gasteiger partial charge in [0, 0.05) is 18.7 Å². The smallest absolute Gasteiger partial charge is 0.251 e. The molecule has 0 aromatic heterocycles. The van der Waals surface area contributed by atoms with E-state index in [2.05, 4.69) is 48.6 Å². The molecule has 2 amide bonds. The first kappa shape index (κ1) is 23.1. The summed E-state index contributed by atoms with van der Waals surface area (Å²) in [6, 6.07) is 26.5. The lowest BCUT2D eigenvalue weighted by molar-refractivity contribution is -0.128. The van der Waals surface area contributed by atoms with E-state index in [1.54, 1.807) is 11.8 Å². The fraction of sp³-hybridized carbons (Fsp3) is 0.286. The first-order valence-electron chi connectivity index (χ1n) is 11.5. The van der Waals surface area contributed by atoms with Crippen LogP contribution in [0.3, 0.4) is 0 Å². The number of thioether (sulfide) groups is 1. The predicted octanol–water partition coefficient (Wildman–Crippen LogP) is 5.17. The highest BCUT2D eigenvalue weighted by molar-refractivity contribution is 8.00. The van der Waals surface area contributed by atoms with E-state index >= 15 is 0 Å². The molecule has 1 saturated heterocycles. The molecule has 0 aliphatic carbocycles. The summed E-state index contributed by atoms with van der Waals surface area (Å²) >= 11 is 1.65. The molecule has 0 bridgehead atoms. The monoisotopic (exact) mass is 458 g/mol. The molecule has 3 aromatic carbocycles. The van der Waals surface area contributed by atoms with Crippen LogP contribution in [0.25, 0.3) is 0 Å². The first-order valence-corrected chi connectivity index (χ1v) is 12.5. The highest BCUT2D eigenvalue weighted by Crippen LogP contribution is 2.38. The fourth-order valence-electron chi connectivity index (χ4n) is 4.02. The van der Waals surface area contributed by atoms with Gasteiger partial charge in [0.05, 0.1) is 5.75 Å². The van der Waals surface area contributed by atoms with Crippen molar-refractivity contribution in [3.63, 3.8) is 0 Å². The van der Waals surface area contributed by atoms with Crippen molar-refractivity contribution in [2.24, 2.45) is 0 Å². The highest BCUT2D eigenvalue weighted by atomic mass is 32.2. The largest absolute Gasteiger partial charge is 0.352 e. The van der Waals surface area contributed by atoms with Crippen molar-refractivity contribution < 1.29 is 9.59 Å². The summed E-state index contributed by atoms with van der Waals surface area (Å²) in [7, 11) is 0. The molecule has 33 heavy (non-hydrogen) atoms. The number of carbonyl (C=O) groups is 2. The summed E-state index contributed by atoms with van der Waals surface area (Å²) in [5, 5.41) is 3.02. The number of aryl methyl sites for hydroxylation is 2. The maximum absolute atomic E-state index is 12.5. The first-order chi connectivity index (χ1) is 16.1. The second-order valence-electron chi connectivity index (χ2n) is 8.45. The van der Waals surface area contributed by atoms with E-state index in [9.17, 15) is 9.59 Å². The normalized spacial score (nSPS) is 15.6. The summed E-state index contributed by atoms with van der Waals surface area (Å²) in [5.41, 5.74) is 5.50. The van der Waals surface area contributed by atoms with Gasteiger partial charge in [0.15, 0.2) is 0 Å². The van der Waals surface area contributed by atoms with Gasteiger partial charge >= 0.3 is 0 Å². The topological polar surface area (TPSA) is 49.4 Å². The number of hydrogen-bond acceptors (Lipinski definition) is 3. The van der Waals surface area contributed by atoms with Crippen LogP contribution in [-0.4, -0.2) is 35.6 Å². The molecule has 1 aliphatic heterocycles. The Bertz CT molecular complexity index is 1070. The van der Waals surface area contributed by atoms with Gasteiger partial charge in [0.25, 0.3) is 5.91 Å². The molecule has 0 radical (unpaired) electrons. The number of hydrogen-bond donors (Lipinski definition) is 1. The number of nitrogens with zero attached hydrogens (tertiary/aromatic N) is 1. The molecular weight excluding hydrogens is 428 g/mol. The zero-order chi connectivity index (χ0) is 23.0. The zero-order valence-corrected chi connectivity index (χ0v) is 19.8. The van der Waals surface area contributed by atoms with Gasteiger partial charge in [-0.25, -0.2) is 0 Å². The molecule has 170 valence electrons. The molecule has 3 aromatic rings. The third kappa shape index (κ3) is 6.26. The Balaban J connectivity index is 1.28. The molecule has 1 heterocycles. The number of nitrogens with one attached hydrogen (secondary N) is 1. The molecule has 4 nitrogen and oxygen atoms in total. The quantitative estimate of drug-likeness (QED) is 0.450. The van der Waals surface area contributed by atoms with Gasteiger partial charge in [-0.05, 0) is 55.0 Å². The van der Waals surface area contributed by atoms with Crippen LogP contribution in [0.4, 0.5) is 0 Å². The maximum Gasteiger partial charge on any atom is 0.251 e. The molecule has 0 spiro atoms. The second kappa shape index (κ2) is 11.2. The molecule has 1 aliphatic rings. The molecule has 1 fully saturated rings. The Morgan fingerprint density at radius 3 is 2.36 bits per heavy atom. The van der Waals surface area contributed by atoms with Crippen molar-refractivity contribution in [2.45, 2.75) is 31.6 Å². The van der Waals surface area contributed by atoms with Crippen LogP contribution in [0.2, 0.25) is 0 Å². The van der Waals surface area contributed by atoms with Gasteiger partial charge in [-0.1, -0.05) is 72.3 Å². The third-order valence-corrected chi connectivity index (χ3v) is 7.21. The van der Waals surface area contributed by atoms with E-state index in [0.717, 1.165) is 24.8 Å². The van der Waals surface area contributed by atoms with Gasteiger partial charge in [0.2, 0.25) is 5.91 Å². The molecule has 4 rings (SSSR count). The van der Waals surface area contributed by atoms with E-state index in [0.29, 0.717) is 24.4 Å². The van der Waals surface area contributed by atoms with Crippen LogP contribution in [0.15, 0.2) is 78.9 Å². The summed E-state index contributed by atoms with van der Waals surface area (Å²) in [6.07, 6.45) is 2.70. The lowest BCUT2D eigenvalue weighted by Crippen LogP contribution is -2.30. The minimum absolute atomic E-state index is 0.00725. The van der Waals surface area contributed by atoms with Gasteiger partial charge < -0.3 is 10.2 Å². The van der Waals surface area contributed by atoms with Crippen LogP contribution in [-0.2, 0) is 17.6 Å². The van der Waals surface area contributed by atoms with E-state index in [-0.39, 0.29) is 17.2 Å². The Morgan fingerprint density at radius 1 is 0.939 bits per heavy atom. The van der Waals surface area contributed by atoms with Crippen molar-refractivity contribution in [2.75, 3.05) is 18.8 Å². The Kier molecular flexibility index (Phi) is 7.84. The molecule has 0 saturated carbocycles. The Labute approximate surface area is 200 Å². The van der Waals surface area contributed by atoms with Crippen molar-refractivity contribution in [3.05, 3.63) is 107 Å². The van der Waals surface area contributed by atoms with E-state index in [4.69, 9.17) is 0 Å². The van der Waals surface area contributed by atoms with Crippen molar-refractivity contribution >= 4 is 23.6 Å². The lowest BCUT2D eigenvalue weighted by atomic mass is 10.1. The Morgan fingerprint density at radius 2 is 1.64 bits per heavy atom. The van der Waals surface area contributed by atoms with Crippen LogP contribution in [0.5, 0.6) is 0 Å². The van der Waals surface area contributed by atoms with Crippen LogP contribution in [0, 0.1) is 6.92 Å². The average Bonchev–Trinajstić information content (AvgIpc) is 3.22. The van der Waals surface area contributed by atoms with Gasteiger partial charge in [-0.3, -0.25) is 9.59 Å². The molecule has 0 unspecified atom stereocenters. The number of rotatable bonds is 9. The van der Waals surface area contributed by atoms with Crippen molar-refractivity contribution in [1.82, 2.24) is 10.2 Å². The van der Waals surface area contributed by atoms with Gasteiger partial charge in [-0.2, -0.15) is 0 Å². The second-order valence-corrected chi connectivity index (χ2v) is 9.52. The van der Waals surface area contributed by atoms with Crippen molar-refractivity contribution in [1.29, 1.82) is 0 Å².